The second-order valence-corrected chi connectivity index (χ2v) is 10.2. The predicted octanol–water partition coefficient (Wildman–Crippen LogP) is 5.92. The maximum Gasteiger partial charge on any atom is 0.221 e. The van der Waals surface area contributed by atoms with Crippen molar-refractivity contribution in [3.8, 4) is 0 Å². The van der Waals surface area contributed by atoms with Crippen LogP contribution in [0.2, 0.25) is 4.34 Å². The molecule has 2 aromatic heterocycles. The number of nitrogens with one attached hydrogen (secondary N) is 1. The molecule has 1 amide bonds. The maximum absolute atomic E-state index is 11.1. The number of aryl methyl sites for hydroxylation is 2. The number of imidazole rings is 1. The minimum absolute atomic E-state index is 0.0390. The lowest BCUT2D eigenvalue weighted by Gasteiger charge is -2.17. The van der Waals surface area contributed by atoms with Crippen molar-refractivity contribution in [3.05, 3.63) is 69.9 Å². The molecular formula is C22H26ClN3OS2. The molecule has 3 rings (SSSR count). The summed E-state index contributed by atoms with van der Waals surface area (Å²) in [4.78, 5) is 16.6. The maximum atomic E-state index is 11.1. The lowest BCUT2D eigenvalue weighted by Crippen LogP contribution is -2.14. The summed E-state index contributed by atoms with van der Waals surface area (Å²) in [5, 5.41) is 3.35. The van der Waals surface area contributed by atoms with Gasteiger partial charge in [0.2, 0.25) is 5.91 Å². The Morgan fingerprint density at radius 3 is 2.72 bits per heavy atom. The van der Waals surface area contributed by atoms with Crippen molar-refractivity contribution in [1.82, 2.24) is 9.55 Å². The predicted molar refractivity (Wildman–Crippen MR) is 125 cm³/mol. The third kappa shape index (κ3) is 7.88. The third-order valence-electron chi connectivity index (χ3n) is 4.55. The van der Waals surface area contributed by atoms with Gasteiger partial charge in [-0.15, -0.1) is 11.3 Å². The average Bonchev–Trinajstić information content (AvgIpc) is 3.35. The molecule has 1 atom stereocenters. The molecule has 0 bridgehead atoms. The number of thiophene rings is 1. The van der Waals surface area contributed by atoms with Crippen LogP contribution in [0.1, 0.15) is 30.2 Å². The van der Waals surface area contributed by atoms with Crippen LogP contribution in [-0.2, 0) is 24.2 Å². The molecule has 2 heterocycles. The quantitative estimate of drug-likeness (QED) is 0.371. The van der Waals surface area contributed by atoms with E-state index in [0.717, 1.165) is 48.0 Å². The van der Waals surface area contributed by atoms with Gasteiger partial charge in [-0.2, -0.15) is 11.8 Å². The molecule has 4 nitrogen and oxygen atoms in total. The van der Waals surface area contributed by atoms with Gasteiger partial charge in [0.1, 0.15) is 0 Å². The SMILES string of the molecule is CC(=O)Nc1ccc(CCCSC(CCc2ccc(Cl)s2)Cn2ccnc2)cc1. The van der Waals surface area contributed by atoms with Crippen molar-refractivity contribution < 1.29 is 4.79 Å². The van der Waals surface area contributed by atoms with Crippen molar-refractivity contribution >= 4 is 46.3 Å². The monoisotopic (exact) mass is 447 g/mol. The molecule has 7 heteroatoms. The number of hydrogen-bond acceptors (Lipinski definition) is 4. The highest BCUT2D eigenvalue weighted by Gasteiger charge is 2.12. The van der Waals surface area contributed by atoms with Gasteiger partial charge < -0.3 is 9.88 Å². The molecule has 154 valence electrons. The second kappa shape index (κ2) is 11.4. The number of aromatic nitrogens is 2. The van der Waals surface area contributed by atoms with Crippen LogP contribution in [0.25, 0.3) is 0 Å². The van der Waals surface area contributed by atoms with E-state index in [-0.39, 0.29) is 5.91 Å². The molecule has 0 spiro atoms. The molecule has 0 aliphatic carbocycles. The molecule has 1 N–H and O–H groups in total. The van der Waals surface area contributed by atoms with Crippen LogP contribution in [0.15, 0.2) is 55.1 Å². The summed E-state index contributed by atoms with van der Waals surface area (Å²) < 4.78 is 3.03. The average molecular weight is 448 g/mol. The molecule has 0 fully saturated rings. The van der Waals surface area contributed by atoms with Crippen molar-refractivity contribution in [2.24, 2.45) is 0 Å². The smallest absolute Gasteiger partial charge is 0.221 e. The van der Waals surface area contributed by atoms with Gasteiger partial charge >= 0.3 is 0 Å². The topological polar surface area (TPSA) is 46.9 Å². The van der Waals surface area contributed by atoms with Gasteiger partial charge in [0.25, 0.3) is 0 Å². The van der Waals surface area contributed by atoms with Gasteiger partial charge in [0, 0.05) is 41.7 Å². The number of hydrogen-bond donors (Lipinski definition) is 1. The number of benzene rings is 1. The summed E-state index contributed by atoms with van der Waals surface area (Å²) in [7, 11) is 0. The Bertz CT molecular complexity index is 878. The minimum Gasteiger partial charge on any atom is -0.336 e. The largest absolute Gasteiger partial charge is 0.336 e. The van der Waals surface area contributed by atoms with E-state index in [1.54, 1.807) is 11.3 Å². The van der Waals surface area contributed by atoms with Crippen LogP contribution in [0.3, 0.4) is 0 Å². The molecule has 0 radical (unpaired) electrons. The first-order valence-corrected chi connectivity index (χ1v) is 12.0. The highest BCUT2D eigenvalue weighted by Crippen LogP contribution is 2.26. The summed E-state index contributed by atoms with van der Waals surface area (Å²) in [5.41, 5.74) is 2.16. The van der Waals surface area contributed by atoms with E-state index in [1.165, 1.54) is 17.4 Å². The fourth-order valence-corrected chi connectivity index (χ4v) is 5.44. The van der Waals surface area contributed by atoms with Gasteiger partial charge in [-0.3, -0.25) is 4.79 Å². The summed E-state index contributed by atoms with van der Waals surface area (Å²) in [5.74, 6) is 1.08. The zero-order chi connectivity index (χ0) is 20.5. The summed E-state index contributed by atoms with van der Waals surface area (Å²) >= 11 is 9.79. The highest BCUT2D eigenvalue weighted by molar-refractivity contribution is 7.99. The number of amides is 1. The van der Waals surface area contributed by atoms with Crippen LogP contribution in [0.4, 0.5) is 5.69 Å². The number of nitrogens with zero attached hydrogens (tertiary/aromatic N) is 2. The van der Waals surface area contributed by atoms with E-state index in [9.17, 15) is 4.79 Å². The van der Waals surface area contributed by atoms with Crippen LogP contribution in [0.5, 0.6) is 0 Å². The fourth-order valence-electron chi connectivity index (χ4n) is 3.13. The molecular weight excluding hydrogens is 422 g/mol. The van der Waals surface area contributed by atoms with Crippen molar-refractivity contribution in [2.45, 2.75) is 44.4 Å². The van der Waals surface area contributed by atoms with Crippen molar-refractivity contribution in [3.63, 3.8) is 0 Å². The molecule has 0 aliphatic rings. The lowest BCUT2D eigenvalue weighted by molar-refractivity contribution is -0.114. The van der Waals surface area contributed by atoms with E-state index < -0.39 is 0 Å². The number of anilines is 1. The van der Waals surface area contributed by atoms with E-state index >= 15 is 0 Å². The number of carbonyl (C=O) groups is 1. The number of rotatable bonds is 11. The second-order valence-electron chi connectivity index (χ2n) is 6.98. The van der Waals surface area contributed by atoms with Gasteiger partial charge in [-0.05, 0) is 61.3 Å². The first-order valence-electron chi connectivity index (χ1n) is 9.76. The van der Waals surface area contributed by atoms with Crippen LogP contribution >= 0.6 is 34.7 Å². The number of carbonyl (C=O) groups excluding carboxylic acids is 1. The number of halogens is 1. The Morgan fingerprint density at radius 2 is 2.07 bits per heavy atom. The van der Waals surface area contributed by atoms with E-state index in [1.807, 2.05) is 48.7 Å². The van der Waals surface area contributed by atoms with E-state index in [0.29, 0.717) is 5.25 Å². The zero-order valence-corrected chi connectivity index (χ0v) is 18.9. The van der Waals surface area contributed by atoms with Crippen molar-refractivity contribution in [1.29, 1.82) is 0 Å². The highest BCUT2D eigenvalue weighted by atomic mass is 35.5. The van der Waals surface area contributed by atoms with Gasteiger partial charge in [-0.25, -0.2) is 4.98 Å². The molecule has 1 unspecified atom stereocenters. The molecule has 3 aromatic rings. The molecule has 0 aliphatic heterocycles. The van der Waals surface area contributed by atoms with Gasteiger partial charge in [0.05, 0.1) is 10.7 Å². The standard InChI is InChI=1S/C22H26ClN3OS2/c1-17(27)25-19-6-4-18(5-7-19)3-2-14-28-21(15-26-13-12-24-16-26)9-8-20-10-11-22(23)29-20/h4-7,10-13,16,21H,2-3,8-9,14-15H2,1H3,(H,25,27). The van der Waals surface area contributed by atoms with Gasteiger partial charge in [0.15, 0.2) is 0 Å². The Hall–Kier alpha value is -1.76. The van der Waals surface area contributed by atoms with Gasteiger partial charge in [-0.1, -0.05) is 23.7 Å². The normalized spacial score (nSPS) is 12.1. The Morgan fingerprint density at radius 1 is 1.24 bits per heavy atom. The summed E-state index contributed by atoms with van der Waals surface area (Å²) in [6.07, 6.45) is 10.1. The van der Waals surface area contributed by atoms with Crippen LogP contribution < -0.4 is 5.32 Å². The van der Waals surface area contributed by atoms with E-state index in [2.05, 4.69) is 33.1 Å². The first-order chi connectivity index (χ1) is 14.1. The summed E-state index contributed by atoms with van der Waals surface area (Å²) in [6, 6.07) is 12.3. The Balaban J connectivity index is 1.45. The summed E-state index contributed by atoms with van der Waals surface area (Å²) in [6.45, 7) is 2.51. The molecule has 29 heavy (non-hydrogen) atoms. The Kier molecular flexibility index (Phi) is 8.65. The zero-order valence-electron chi connectivity index (χ0n) is 16.5. The lowest BCUT2D eigenvalue weighted by atomic mass is 10.1. The molecule has 0 saturated carbocycles. The Labute approximate surface area is 185 Å². The first kappa shape index (κ1) is 21.9. The van der Waals surface area contributed by atoms with Crippen LogP contribution in [-0.4, -0.2) is 26.5 Å². The number of thioether (sulfide) groups is 1. The third-order valence-corrected chi connectivity index (χ3v) is 7.22. The molecule has 1 aromatic carbocycles. The van der Waals surface area contributed by atoms with E-state index in [4.69, 9.17) is 11.6 Å². The van der Waals surface area contributed by atoms with Crippen LogP contribution in [0, 0.1) is 0 Å². The minimum atomic E-state index is -0.0390. The molecule has 0 saturated heterocycles. The van der Waals surface area contributed by atoms with Crippen molar-refractivity contribution in [2.75, 3.05) is 11.1 Å². The fraction of sp³-hybridized carbons (Fsp3) is 0.364.